The number of aryl methyl sites for hydroxylation is 1. The van der Waals surface area contributed by atoms with Crippen molar-refractivity contribution in [3.8, 4) is 5.75 Å². The smallest absolute Gasteiger partial charge is 0.355 e. The van der Waals surface area contributed by atoms with Crippen molar-refractivity contribution in [2.24, 2.45) is 7.05 Å². The van der Waals surface area contributed by atoms with E-state index >= 15 is 0 Å². The van der Waals surface area contributed by atoms with Crippen LogP contribution in [0.25, 0.3) is 0 Å². The van der Waals surface area contributed by atoms with Crippen molar-refractivity contribution >= 4 is 27.6 Å². The average Bonchev–Trinajstić information content (AvgIpc) is 2.76. The molecule has 0 radical (unpaired) electrons. The molecule has 0 unspecified atom stereocenters. The van der Waals surface area contributed by atoms with E-state index in [2.05, 4.69) is 15.9 Å². The molecular formula is C14H15BrN2O3. The summed E-state index contributed by atoms with van der Waals surface area (Å²) in [4.78, 5) is 12.0. The van der Waals surface area contributed by atoms with Gasteiger partial charge in [-0.25, -0.2) is 4.79 Å². The van der Waals surface area contributed by atoms with Gasteiger partial charge in [-0.15, -0.1) is 0 Å². The van der Waals surface area contributed by atoms with Crippen molar-refractivity contribution < 1.29 is 14.3 Å². The first-order chi connectivity index (χ1) is 9.51. The number of anilines is 1. The molecule has 6 heteroatoms. The SMILES string of the molecule is COc1ccc(Br)c(COC(=O)c2cc(N)cn2C)c1. The summed E-state index contributed by atoms with van der Waals surface area (Å²) in [5.41, 5.74) is 7.41. The molecule has 0 saturated heterocycles. The molecule has 20 heavy (non-hydrogen) atoms. The Hall–Kier alpha value is -1.95. The van der Waals surface area contributed by atoms with E-state index in [1.165, 1.54) is 0 Å². The number of nitrogens with zero attached hydrogens (tertiary/aromatic N) is 1. The van der Waals surface area contributed by atoms with Gasteiger partial charge in [0.25, 0.3) is 0 Å². The summed E-state index contributed by atoms with van der Waals surface area (Å²) in [6.07, 6.45) is 1.66. The lowest BCUT2D eigenvalue weighted by atomic mass is 10.2. The highest BCUT2D eigenvalue weighted by Gasteiger charge is 2.13. The second kappa shape index (κ2) is 6.00. The fourth-order valence-electron chi connectivity index (χ4n) is 1.80. The van der Waals surface area contributed by atoms with Crippen LogP contribution in [-0.4, -0.2) is 17.6 Å². The molecule has 0 saturated carbocycles. The molecule has 5 nitrogen and oxygen atoms in total. The quantitative estimate of drug-likeness (QED) is 0.870. The number of nitrogen functional groups attached to an aromatic ring is 1. The minimum absolute atomic E-state index is 0.154. The Labute approximate surface area is 125 Å². The van der Waals surface area contributed by atoms with E-state index in [1.54, 1.807) is 31.0 Å². The molecular weight excluding hydrogens is 324 g/mol. The maximum atomic E-state index is 12.0. The zero-order valence-corrected chi connectivity index (χ0v) is 12.8. The van der Waals surface area contributed by atoms with Crippen LogP contribution in [0.15, 0.2) is 34.9 Å². The lowest BCUT2D eigenvalue weighted by molar-refractivity contribution is 0.0460. The van der Waals surface area contributed by atoms with Crippen LogP contribution in [0.2, 0.25) is 0 Å². The molecule has 1 aromatic carbocycles. The monoisotopic (exact) mass is 338 g/mol. The predicted octanol–water partition coefficient (Wildman–Crippen LogP) is 2.74. The number of ether oxygens (including phenoxy) is 2. The molecule has 0 spiro atoms. The van der Waals surface area contributed by atoms with Crippen LogP contribution in [0, 0.1) is 0 Å². The van der Waals surface area contributed by atoms with Crippen LogP contribution >= 0.6 is 15.9 Å². The number of carbonyl (C=O) groups excluding carboxylic acids is 1. The fourth-order valence-corrected chi connectivity index (χ4v) is 2.16. The predicted molar refractivity (Wildman–Crippen MR) is 79.6 cm³/mol. The molecule has 0 bridgehead atoms. The number of hydrogen-bond donors (Lipinski definition) is 1. The Morgan fingerprint density at radius 2 is 2.15 bits per heavy atom. The van der Waals surface area contributed by atoms with Gasteiger partial charge in [0.2, 0.25) is 0 Å². The number of halogens is 1. The molecule has 0 amide bonds. The highest BCUT2D eigenvalue weighted by Crippen LogP contribution is 2.23. The van der Waals surface area contributed by atoms with Gasteiger partial charge in [0.1, 0.15) is 18.1 Å². The summed E-state index contributed by atoms with van der Waals surface area (Å²) in [5.74, 6) is 0.293. The molecule has 1 heterocycles. The molecule has 0 aliphatic carbocycles. The van der Waals surface area contributed by atoms with E-state index in [4.69, 9.17) is 15.2 Å². The molecule has 106 valence electrons. The number of nitrogens with two attached hydrogens (primary N) is 1. The molecule has 2 N–H and O–H groups in total. The number of carbonyl (C=O) groups is 1. The van der Waals surface area contributed by atoms with E-state index in [0.717, 1.165) is 10.0 Å². The van der Waals surface area contributed by atoms with Crippen molar-refractivity contribution in [3.63, 3.8) is 0 Å². The van der Waals surface area contributed by atoms with Crippen LogP contribution in [0.3, 0.4) is 0 Å². The minimum atomic E-state index is -0.418. The van der Waals surface area contributed by atoms with Gasteiger partial charge in [0.05, 0.1) is 12.8 Å². The number of hydrogen-bond acceptors (Lipinski definition) is 4. The zero-order chi connectivity index (χ0) is 14.7. The summed E-state index contributed by atoms with van der Waals surface area (Å²) >= 11 is 3.41. The Bertz CT molecular complexity index is 637. The molecule has 0 atom stereocenters. The maximum Gasteiger partial charge on any atom is 0.355 e. The van der Waals surface area contributed by atoms with Gasteiger partial charge < -0.3 is 19.8 Å². The van der Waals surface area contributed by atoms with E-state index in [-0.39, 0.29) is 6.61 Å². The first-order valence-corrected chi connectivity index (χ1v) is 6.72. The summed E-state index contributed by atoms with van der Waals surface area (Å²) in [6.45, 7) is 0.154. The van der Waals surface area contributed by atoms with E-state index in [9.17, 15) is 4.79 Å². The fraction of sp³-hybridized carbons (Fsp3) is 0.214. The van der Waals surface area contributed by atoms with Crippen molar-refractivity contribution in [2.45, 2.75) is 6.61 Å². The number of esters is 1. The van der Waals surface area contributed by atoms with Crippen molar-refractivity contribution in [2.75, 3.05) is 12.8 Å². The van der Waals surface area contributed by atoms with Crippen molar-refractivity contribution in [1.29, 1.82) is 0 Å². The third-order valence-corrected chi connectivity index (χ3v) is 3.62. The second-order valence-electron chi connectivity index (χ2n) is 4.30. The highest BCUT2D eigenvalue weighted by molar-refractivity contribution is 9.10. The molecule has 1 aromatic heterocycles. The Kier molecular flexibility index (Phi) is 4.34. The van der Waals surface area contributed by atoms with Gasteiger partial charge >= 0.3 is 5.97 Å². The normalized spacial score (nSPS) is 10.3. The first-order valence-electron chi connectivity index (χ1n) is 5.92. The molecule has 0 aliphatic heterocycles. The summed E-state index contributed by atoms with van der Waals surface area (Å²) in [5, 5.41) is 0. The lowest BCUT2D eigenvalue weighted by Crippen LogP contribution is -2.09. The van der Waals surface area contributed by atoms with E-state index in [0.29, 0.717) is 17.1 Å². The third kappa shape index (κ3) is 3.14. The van der Waals surface area contributed by atoms with Crippen LogP contribution in [0.5, 0.6) is 5.75 Å². The van der Waals surface area contributed by atoms with Crippen molar-refractivity contribution in [1.82, 2.24) is 4.57 Å². The topological polar surface area (TPSA) is 66.5 Å². The zero-order valence-electron chi connectivity index (χ0n) is 11.2. The Morgan fingerprint density at radius 1 is 1.40 bits per heavy atom. The second-order valence-corrected chi connectivity index (χ2v) is 5.16. The van der Waals surface area contributed by atoms with Crippen molar-refractivity contribution in [3.05, 3.63) is 46.2 Å². The van der Waals surface area contributed by atoms with Crippen LogP contribution in [0.1, 0.15) is 16.1 Å². The molecule has 0 aliphatic rings. The first kappa shape index (κ1) is 14.5. The largest absolute Gasteiger partial charge is 0.497 e. The van der Waals surface area contributed by atoms with Crippen LogP contribution < -0.4 is 10.5 Å². The lowest BCUT2D eigenvalue weighted by Gasteiger charge is -2.09. The van der Waals surface area contributed by atoms with Crippen LogP contribution in [0.4, 0.5) is 5.69 Å². The standard InChI is InChI=1S/C14H15BrN2O3/c1-17-7-10(16)6-13(17)14(18)20-8-9-5-11(19-2)3-4-12(9)15/h3-7H,8,16H2,1-2H3. The van der Waals surface area contributed by atoms with Gasteiger partial charge in [-0.1, -0.05) is 15.9 Å². The van der Waals surface area contributed by atoms with E-state index < -0.39 is 5.97 Å². The summed E-state index contributed by atoms with van der Waals surface area (Å²) in [7, 11) is 3.33. The number of rotatable bonds is 4. The van der Waals surface area contributed by atoms with Gasteiger partial charge in [-0.3, -0.25) is 0 Å². The number of benzene rings is 1. The molecule has 0 fully saturated rings. The molecule has 2 aromatic rings. The van der Waals surface area contributed by atoms with E-state index in [1.807, 2.05) is 18.2 Å². The van der Waals surface area contributed by atoms with Gasteiger partial charge in [-0.05, 0) is 24.3 Å². The van der Waals surface area contributed by atoms with Crippen LogP contribution in [-0.2, 0) is 18.4 Å². The Morgan fingerprint density at radius 3 is 2.75 bits per heavy atom. The van der Waals surface area contributed by atoms with Gasteiger partial charge in [0, 0.05) is 23.3 Å². The molecule has 2 rings (SSSR count). The summed E-state index contributed by atoms with van der Waals surface area (Å²) in [6, 6.07) is 7.08. The maximum absolute atomic E-state index is 12.0. The number of aromatic nitrogens is 1. The third-order valence-electron chi connectivity index (χ3n) is 2.85. The van der Waals surface area contributed by atoms with Gasteiger partial charge in [-0.2, -0.15) is 0 Å². The minimum Gasteiger partial charge on any atom is -0.497 e. The average molecular weight is 339 g/mol. The highest BCUT2D eigenvalue weighted by atomic mass is 79.9. The Balaban J connectivity index is 2.09. The summed E-state index contributed by atoms with van der Waals surface area (Å²) < 4.78 is 12.9. The number of methoxy groups -OCH3 is 1. The van der Waals surface area contributed by atoms with Gasteiger partial charge in [0.15, 0.2) is 0 Å².